The second kappa shape index (κ2) is 7.98. The van der Waals surface area contributed by atoms with Gasteiger partial charge in [0.15, 0.2) is 0 Å². The summed E-state index contributed by atoms with van der Waals surface area (Å²) >= 11 is 3.56. The molecule has 0 bridgehead atoms. The maximum absolute atomic E-state index is 4.48. The zero-order valence-electron chi connectivity index (χ0n) is 12.5. The highest BCUT2D eigenvalue weighted by Crippen LogP contribution is 2.26. The number of rotatable bonds is 7. The Morgan fingerprint density at radius 2 is 2.05 bits per heavy atom. The quantitative estimate of drug-likeness (QED) is 0.699. The molecule has 0 spiro atoms. The van der Waals surface area contributed by atoms with Gasteiger partial charge < -0.3 is 10.6 Å². The number of hydrogen-bond acceptors (Lipinski definition) is 4. The molecule has 21 heavy (non-hydrogen) atoms. The van der Waals surface area contributed by atoms with Gasteiger partial charge >= 0.3 is 0 Å². The molecule has 0 aliphatic carbocycles. The molecule has 0 radical (unpaired) electrons. The summed E-state index contributed by atoms with van der Waals surface area (Å²) < 4.78 is 1.03. The molecule has 0 amide bonds. The highest BCUT2D eigenvalue weighted by molar-refractivity contribution is 9.10. The van der Waals surface area contributed by atoms with Gasteiger partial charge in [0.25, 0.3) is 0 Å². The Morgan fingerprint density at radius 3 is 2.81 bits per heavy atom. The van der Waals surface area contributed by atoms with E-state index in [2.05, 4.69) is 62.5 Å². The summed E-state index contributed by atoms with van der Waals surface area (Å²) in [6.07, 6.45) is 5.34. The zero-order valence-corrected chi connectivity index (χ0v) is 14.1. The number of halogens is 1. The Balaban J connectivity index is 2.00. The number of nitrogens with zero attached hydrogens (tertiary/aromatic N) is 2. The Morgan fingerprint density at radius 1 is 1.19 bits per heavy atom. The second-order valence-corrected chi connectivity index (χ2v) is 5.86. The highest BCUT2D eigenvalue weighted by atomic mass is 79.9. The predicted octanol–water partition coefficient (Wildman–Crippen LogP) is 4.89. The van der Waals surface area contributed by atoms with Crippen LogP contribution in [-0.2, 0) is 0 Å². The summed E-state index contributed by atoms with van der Waals surface area (Å²) in [6, 6.07) is 8.05. The van der Waals surface area contributed by atoms with Crippen LogP contribution in [0.2, 0.25) is 0 Å². The first-order valence-corrected chi connectivity index (χ1v) is 8.08. The van der Waals surface area contributed by atoms with Crippen LogP contribution in [0.4, 0.5) is 17.5 Å². The van der Waals surface area contributed by atoms with Crippen LogP contribution in [0.25, 0.3) is 0 Å². The lowest BCUT2D eigenvalue weighted by Gasteiger charge is -2.10. The van der Waals surface area contributed by atoms with E-state index in [1.807, 2.05) is 12.1 Å². The first-order valence-electron chi connectivity index (χ1n) is 7.29. The standard InChI is InChI=1S/C16H21BrN4/c1-3-4-5-9-18-16-19-10-8-15(21-16)20-14-7-6-12(2)11-13(14)17/h6-8,10-11H,3-5,9H2,1-2H3,(H2,18,19,20,21). The van der Waals surface area contributed by atoms with Crippen molar-refractivity contribution in [1.82, 2.24) is 9.97 Å². The molecule has 0 saturated carbocycles. The molecule has 112 valence electrons. The number of anilines is 3. The van der Waals surface area contributed by atoms with Crippen molar-refractivity contribution in [2.45, 2.75) is 33.1 Å². The minimum Gasteiger partial charge on any atom is -0.354 e. The normalized spacial score (nSPS) is 10.4. The van der Waals surface area contributed by atoms with Gasteiger partial charge in [0.2, 0.25) is 5.95 Å². The summed E-state index contributed by atoms with van der Waals surface area (Å²) in [5.41, 5.74) is 2.21. The molecule has 0 aliphatic rings. The molecule has 2 rings (SSSR count). The molecule has 0 aliphatic heterocycles. The highest BCUT2D eigenvalue weighted by Gasteiger charge is 2.03. The van der Waals surface area contributed by atoms with Crippen molar-refractivity contribution in [2.75, 3.05) is 17.2 Å². The summed E-state index contributed by atoms with van der Waals surface area (Å²) in [5, 5.41) is 6.56. The topological polar surface area (TPSA) is 49.8 Å². The van der Waals surface area contributed by atoms with E-state index >= 15 is 0 Å². The number of nitrogens with one attached hydrogen (secondary N) is 2. The molecule has 2 aromatic rings. The van der Waals surface area contributed by atoms with E-state index in [0.29, 0.717) is 5.95 Å². The van der Waals surface area contributed by atoms with E-state index < -0.39 is 0 Å². The Bertz CT molecular complexity index is 586. The number of benzene rings is 1. The van der Waals surface area contributed by atoms with Crippen molar-refractivity contribution in [3.05, 3.63) is 40.5 Å². The van der Waals surface area contributed by atoms with Gasteiger partial charge in [0.1, 0.15) is 5.82 Å². The van der Waals surface area contributed by atoms with Gasteiger partial charge in [0.05, 0.1) is 5.69 Å². The van der Waals surface area contributed by atoms with Gasteiger partial charge in [-0.05, 0) is 53.0 Å². The third-order valence-corrected chi connectivity index (χ3v) is 3.76. The van der Waals surface area contributed by atoms with Crippen LogP contribution in [0.5, 0.6) is 0 Å². The second-order valence-electron chi connectivity index (χ2n) is 5.01. The molecule has 2 N–H and O–H groups in total. The summed E-state index contributed by atoms with van der Waals surface area (Å²) in [6.45, 7) is 5.17. The van der Waals surface area contributed by atoms with Crippen LogP contribution < -0.4 is 10.6 Å². The molecular formula is C16H21BrN4. The average Bonchev–Trinajstić information content (AvgIpc) is 2.47. The predicted molar refractivity (Wildman–Crippen MR) is 92.2 cm³/mol. The van der Waals surface area contributed by atoms with Crippen LogP contribution in [0.1, 0.15) is 31.7 Å². The first kappa shape index (κ1) is 15.8. The monoisotopic (exact) mass is 348 g/mol. The Labute approximate surface area is 134 Å². The lowest BCUT2D eigenvalue weighted by atomic mass is 10.2. The maximum Gasteiger partial charge on any atom is 0.224 e. The van der Waals surface area contributed by atoms with Gasteiger partial charge in [-0.25, -0.2) is 4.98 Å². The van der Waals surface area contributed by atoms with Crippen molar-refractivity contribution in [3.8, 4) is 0 Å². The number of unbranched alkanes of at least 4 members (excludes halogenated alkanes) is 2. The zero-order chi connectivity index (χ0) is 15.1. The molecule has 5 heteroatoms. The number of aromatic nitrogens is 2. The number of hydrogen-bond donors (Lipinski definition) is 2. The lowest BCUT2D eigenvalue weighted by Crippen LogP contribution is -2.06. The van der Waals surface area contributed by atoms with Crippen molar-refractivity contribution in [1.29, 1.82) is 0 Å². The fraction of sp³-hybridized carbons (Fsp3) is 0.375. The molecule has 1 aromatic heterocycles. The minimum atomic E-state index is 0.666. The van der Waals surface area contributed by atoms with E-state index in [9.17, 15) is 0 Å². The van der Waals surface area contributed by atoms with E-state index in [4.69, 9.17) is 0 Å². The molecule has 1 aromatic carbocycles. The molecule has 0 fully saturated rings. The van der Waals surface area contributed by atoms with Crippen molar-refractivity contribution in [2.24, 2.45) is 0 Å². The summed E-state index contributed by atoms with van der Waals surface area (Å²) in [7, 11) is 0. The van der Waals surface area contributed by atoms with E-state index in [-0.39, 0.29) is 0 Å². The summed E-state index contributed by atoms with van der Waals surface area (Å²) in [4.78, 5) is 8.72. The van der Waals surface area contributed by atoms with Gasteiger partial charge in [-0.15, -0.1) is 0 Å². The van der Waals surface area contributed by atoms with Crippen LogP contribution in [0.3, 0.4) is 0 Å². The van der Waals surface area contributed by atoms with E-state index in [0.717, 1.165) is 28.9 Å². The van der Waals surface area contributed by atoms with Crippen LogP contribution >= 0.6 is 15.9 Å². The molecule has 4 nitrogen and oxygen atoms in total. The lowest BCUT2D eigenvalue weighted by molar-refractivity contribution is 0.740. The van der Waals surface area contributed by atoms with Gasteiger partial charge in [-0.1, -0.05) is 25.8 Å². The first-order chi connectivity index (χ1) is 10.2. The average molecular weight is 349 g/mol. The smallest absolute Gasteiger partial charge is 0.224 e. The van der Waals surface area contributed by atoms with Crippen LogP contribution in [0.15, 0.2) is 34.9 Å². The van der Waals surface area contributed by atoms with E-state index in [1.165, 1.54) is 18.4 Å². The molecule has 0 atom stereocenters. The van der Waals surface area contributed by atoms with Crippen LogP contribution in [-0.4, -0.2) is 16.5 Å². The fourth-order valence-corrected chi connectivity index (χ4v) is 2.54. The van der Waals surface area contributed by atoms with Gasteiger partial charge in [-0.3, -0.25) is 0 Å². The molecular weight excluding hydrogens is 328 g/mol. The third kappa shape index (κ3) is 5.01. The Kier molecular flexibility index (Phi) is 5.99. The minimum absolute atomic E-state index is 0.666. The maximum atomic E-state index is 4.48. The third-order valence-electron chi connectivity index (χ3n) is 3.11. The van der Waals surface area contributed by atoms with Gasteiger partial charge in [0, 0.05) is 17.2 Å². The molecule has 0 unspecified atom stereocenters. The Hall–Kier alpha value is -1.62. The SMILES string of the molecule is CCCCCNc1nccc(Nc2ccc(C)cc2Br)n1. The number of aryl methyl sites for hydroxylation is 1. The molecule has 1 heterocycles. The van der Waals surface area contributed by atoms with Crippen LogP contribution in [0, 0.1) is 6.92 Å². The fourth-order valence-electron chi connectivity index (χ4n) is 1.95. The largest absolute Gasteiger partial charge is 0.354 e. The van der Waals surface area contributed by atoms with Crippen molar-refractivity contribution < 1.29 is 0 Å². The van der Waals surface area contributed by atoms with E-state index in [1.54, 1.807) is 6.20 Å². The van der Waals surface area contributed by atoms with Gasteiger partial charge in [-0.2, -0.15) is 4.98 Å². The van der Waals surface area contributed by atoms with Crippen molar-refractivity contribution >= 4 is 33.4 Å². The van der Waals surface area contributed by atoms with Crippen molar-refractivity contribution in [3.63, 3.8) is 0 Å². The molecule has 0 saturated heterocycles. The summed E-state index contributed by atoms with van der Waals surface area (Å²) in [5.74, 6) is 1.45.